The van der Waals surface area contributed by atoms with Crippen molar-refractivity contribution in [1.29, 1.82) is 0 Å². The van der Waals surface area contributed by atoms with Gasteiger partial charge >= 0.3 is 10.2 Å². The van der Waals surface area contributed by atoms with Crippen LogP contribution in [0.2, 0.25) is 5.15 Å². The summed E-state index contributed by atoms with van der Waals surface area (Å²) in [5.41, 5.74) is 2.86. The molecule has 0 unspecified atom stereocenters. The summed E-state index contributed by atoms with van der Waals surface area (Å²) in [5, 5.41) is 0.766. The third kappa shape index (κ3) is 3.53. The van der Waals surface area contributed by atoms with Crippen molar-refractivity contribution < 1.29 is 17.9 Å². The van der Waals surface area contributed by atoms with Crippen molar-refractivity contribution in [2.75, 3.05) is 37.4 Å². The second kappa shape index (κ2) is 7.38. The first-order valence-corrected chi connectivity index (χ1v) is 10.7. The number of hydrogen-bond acceptors (Lipinski definition) is 6. The summed E-state index contributed by atoms with van der Waals surface area (Å²) >= 11 is 6.09. The van der Waals surface area contributed by atoms with Gasteiger partial charge in [0, 0.05) is 38.3 Å². The third-order valence-corrected chi connectivity index (χ3v) is 6.51. The van der Waals surface area contributed by atoms with E-state index >= 15 is 0 Å². The number of nitrogens with zero attached hydrogens (tertiary/aromatic N) is 4. The van der Waals surface area contributed by atoms with Gasteiger partial charge in [0.1, 0.15) is 5.69 Å². The molecule has 0 saturated heterocycles. The minimum absolute atomic E-state index is 0.0347. The van der Waals surface area contributed by atoms with Gasteiger partial charge in [-0.15, -0.1) is 0 Å². The molecule has 0 aliphatic carbocycles. The molecule has 1 N–H and O–H groups in total. The number of amides is 1. The van der Waals surface area contributed by atoms with Gasteiger partial charge in [0.2, 0.25) is 0 Å². The molecule has 4 rings (SSSR count). The van der Waals surface area contributed by atoms with Gasteiger partial charge in [-0.3, -0.25) is 14.5 Å². The SMILES string of the molecule is CN1C(=O)COc2c1cnc1ccc(-c3cnc(Cl)c(NS(=O)(=O)N(C)C)c3)cc21. The summed E-state index contributed by atoms with van der Waals surface area (Å²) in [7, 11) is 0.757. The van der Waals surface area contributed by atoms with E-state index in [1.807, 2.05) is 18.2 Å². The molecule has 0 radical (unpaired) electrons. The quantitative estimate of drug-likeness (QED) is 0.616. The molecule has 0 atom stereocenters. The van der Waals surface area contributed by atoms with E-state index in [0.717, 1.165) is 15.3 Å². The Morgan fingerprint density at radius 1 is 1.17 bits per heavy atom. The molecule has 1 aromatic carbocycles. The molecule has 9 nitrogen and oxygen atoms in total. The Bertz CT molecular complexity index is 1280. The van der Waals surface area contributed by atoms with Gasteiger partial charge in [0.15, 0.2) is 17.5 Å². The van der Waals surface area contributed by atoms with E-state index in [2.05, 4.69) is 14.7 Å². The standard InChI is InChI=1S/C19H18ClN5O4S/c1-24(2)30(27,28)23-15-7-12(8-22-19(15)20)11-4-5-14-13(6-11)18-16(9-21-14)25(3)17(26)10-29-18/h4-9,23H,10H2,1-3H3. The van der Waals surface area contributed by atoms with Crippen LogP contribution in [-0.2, 0) is 15.0 Å². The normalized spacial score (nSPS) is 14.0. The number of carbonyl (C=O) groups excluding carboxylic acids is 1. The zero-order valence-electron chi connectivity index (χ0n) is 16.4. The summed E-state index contributed by atoms with van der Waals surface area (Å²) in [5.74, 6) is 0.416. The van der Waals surface area contributed by atoms with Crippen LogP contribution in [0.3, 0.4) is 0 Å². The molecule has 1 aliphatic heterocycles. The lowest BCUT2D eigenvalue weighted by Crippen LogP contribution is -2.35. The van der Waals surface area contributed by atoms with Crippen LogP contribution >= 0.6 is 11.6 Å². The van der Waals surface area contributed by atoms with Gasteiger partial charge in [-0.05, 0) is 23.8 Å². The van der Waals surface area contributed by atoms with E-state index in [1.54, 1.807) is 25.5 Å². The van der Waals surface area contributed by atoms with Crippen LogP contribution in [0.1, 0.15) is 0 Å². The van der Waals surface area contributed by atoms with Crippen molar-refractivity contribution in [1.82, 2.24) is 14.3 Å². The minimum Gasteiger partial charge on any atom is -0.481 e. The van der Waals surface area contributed by atoms with Crippen LogP contribution < -0.4 is 14.4 Å². The lowest BCUT2D eigenvalue weighted by atomic mass is 10.0. The maximum atomic E-state index is 12.2. The summed E-state index contributed by atoms with van der Waals surface area (Å²) < 4.78 is 33.5. The van der Waals surface area contributed by atoms with Crippen LogP contribution in [-0.4, -0.2) is 56.3 Å². The smallest absolute Gasteiger partial charge is 0.301 e. The maximum absolute atomic E-state index is 12.2. The highest BCUT2D eigenvalue weighted by Crippen LogP contribution is 2.39. The second-order valence-corrected chi connectivity index (χ2v) is 9.14. The first kappa shape index (κ1) is 20.3. The Morgan fingerprint density at radius 3 is 2.67 bits per heavy atom. The van der Waals surface area contributed by atoms with Crippen molar-refractivity contribution in [3.05, 3.63) is 41.8 Å². The largest absolute Gasteiger partial charge is 0.481 e. The number of fused-ring (bicyclic) bond motifs is 3. The lowest BCUT2D eigenvalue weighted by molar-refractivity contribution is -0.120. The van der Waals surface area contributed by atoms with Crippen molar-refractivity contribution >= 4 is 50.0 Å². The van der Waals surface area contributed by atoms with E-state index < -0.39 is 10.2 Å². The zero-order chi connectivity index (χ0) is 21.6. The number of nitrogens with one attached hydrogen (secondary N) is 1. The molecule has 0 saturated carbocycles. The molecular formula is C19H18ClN5O4S. The highest BCUT2D eigenvalue weighted by molar-refractivity contribution is 7.90. The molecule has 11 heteroatoms. The second-order valence-electron chi connectivity index (χ2n) is 6.90. The molecule has 3 aromatic rings. The fraction of sp³-hybridized carbons (Fsp3) is 0.211. The number of rotatable bonds is 4. The predicted molar refractivity (Wildman–Crippen MR) is 115 cm³/mol. The third-order valence-electron chi connectivity index (χ3n) is 4.77. The monoisotopic (exact) mass is 447 g/mol. The number of pyridine rings is 2. The van der Waals surface area contributed by atoms with E-state index in [-0.39, 0.29) is 23.4 Å². The first-order valence-electron chi connectivity index (χ1n) is 8.85. The number of hydrogen-bond donors (Lipinski definition) is 1. The zero-order valence-corrected chi connectivity index (χ0v) is 18.0. The topological polar surface area (TPSA) is 105 Å². The molecule has 0 bridgehead atoms. The molecule has 2 aromatic heterocycles. The van der Waals surface area contributed by atoms with E-state index in [0.29, 0.717) is 22.5 Å². The van der Waals surface area contributed by atoms with E-state index in [4.69, 9.17) is 16.3 Å². The number of ether oxygens (including phenoxy) is 1. The molecule has 156 valence electrons. The van der Waals surface area contributed by atoms with Gasteiger partial charge in [0.05, 0.1) is 17.4 Å². The Kier molecular flexibility index (Phi) is 5.00. The molecule has 0 spiro atoms. The highest BCUT2D eigenvalue weighted by atomic mass is 35.5. The number of likely N-dealkylation sites (N-methyl/N-ethyl adjacent to an activating group) is 1. The molecular weight excluding hydrogens is 430 g/mol. The lowest BCUT2D eigenvalue weighted by Gasteiger charge is -2.26. The summed E-state index contributed by atoms with van der Waals surface area (Å²) in [6, 6.07) is 7.13. The average Bonchev–Trinajstić information content (AvgIpc) is 2.71. The molecule has 1 amide bonds. The van der Waals surface area contributed by atoms with Gasteiger partial charge < -0.3 is 9.64 Å². The highest BCUT2D eigenvalue weighted by Gasteiger charge is 2.25. The van der Waals surface area contributed by atoms with Crippen molar-refractivity contribution in [3.63, 3.8) is 0 Å². The van der Waals surface area contributed by atoms with Crippen LogP contribution in [0.5, 0.6) is 5.75 Å². The van der Waals surface area contributed by atoms with Gasteiger partial charge in [-0.1, -0.05) is 17.7 Å². The van der Waals surface area contributed by atoms with Crippen molar-refractivity contribution in [3.8, 4) is 16.9 Å². The minimum atomic E-state index is -3.74. The maximum Gasteiger partial charge on any atom is 0.301 e. The van der Waals surface area contributed by atoms with Crippen LogP contribution in [0.15, 0.2) is 36.7 Å². The Labute approximate surface area is 178 Å². The van der Waals surface area contributed by atoms with Crippen LogP contribution in [0.25, 0.3) is 22.0 Å². The predicted octanol–water partition coefficient (Wildman–Crippen LogP) is 2.52. The number of carbonyl (C=O) groups is 1. The van der Waals surface area contributed by atoms with Crippen LogP contribution in [0, 0.1) is 0 Å². The number of halogens is 1. The van der Waals surface area contributed by atoms with E-state index in [9.17, 15) is 13.2 Å². The molecule has 1 aliphatic rings. The average molecular weight is 448 g/mol. The number of benzene rings is 1. The number of aromatic nitrogens is 2. The fourth-order valence-electron chi connectivity index (χ4n) is 3.00. The first-order chi connectivity index (χ1) is 14.2. The van der Waals surface area contributed by atoms with Crippen LogP contribution in [0.4, 0.5) is 11.4 Å². The Morgan fingerprint density at radius 2 is 1.93 bits per heavy atom. The number of anilines is 2. The molecule has 3 heterocycles. The Hall–Kier alpha value is -2.95. The summed E-state index contributed by atoms with van der Waals surface area (Å²) in [6.07, 6.45) is 3.16. The van der Waals surface area contributed by atoms with Crippen molar-refractivity contribution in [2.45, 2.75) is 0 Å². The van der Waals surface area contributed by atoms with E-state index in [1.165, 1.54) is 19.0 Å². The molecule has 0 fully saturated rings. The van der Waals surface area contributed by atoms with Gasteiger partial charge in [-0.25, -0.2) is 4.98 Å². The van der Waals surface area contributed by atoms with Gasteiger partial charge in [-0.2, -0.15) is 12.7 Å². The van der Waals surface area contributed by atoms with Gasteiger partial charge in [0.25, 0.3) is 5.91 Å². The fourth-order valence-corrected chi connectivity index (χ4v) is 3.82. The molecule has 30 heavy (non-hydrogen) atoms. The summed E-state index contributed by atoms with van der Waals surface area (Å²) in [6.45, 7) is -0.0498. The summed E-state index contributed by atoms with van der Waals surface area (Å²) in [4.78, 5) is 21.9. The van der Waals surface area contributed by atoms with Crippen molar-refractivity contribution in [2.24, 2.45) is 0 Å². The Balaban J connectivity index is 1.80.